The van der Waals surface area contributed by atoms with Gasteiger partial charge in [-0.1, -0.05) is 30.4 Å². The number of halogens is 1. The van der Waals surface area contributed by atoms with E-state index < -0.39 is 15.8 Å². The molecule has 3 rings (SSSR count). The Balaban J connectivity index is 1.88. The summed E-state index contributed by atoms with van der Waals surface area (Å²) >= 11 is 0. The van der Waals surface area contributed by atoms with E-state index in [9.17, 15) is 12.8 Å². The first-order valence-electron chi connectivity index (χ1n) is 7.50. The van der Waals surface area contributed by atoms with Crippen molar-refractivity contribution in [2.24, 2.45) is 0 Å². The summed E-state index contributed by atoms with van der Waals surface area (Å²) in [6.45, 7) is 0. The van der Waals surface area contributed by atoms with E-state index in [0.29, 0.717) is 11.3 Å². The number of sulfonamides is 1. The number of nitrogens with one attached hydrogen (secondary N) is 1. The maximum Gasteiger partial charge on any atom is 0.261 e. The van der Waals surface area contributed by atoms with Crippen molar-refractivity contribution in [1.82, 2.24) is 4.98 Å². The molecule has 0 spiro atoms. The highest BCUT2D eigenvalue weighted by Crippen LogP contribution is 2.22. The van der Waals surface area contributed by atoms with Gasteiger partial charge in [0.1, 0.15) is 5.82 Å². The molecule has 0 amide bonds. The van der Waals surface area contributed by atoms with E-state index in [2.05, 4.69) is 9.71 Å². The molecule has 1 heterocycles. The zero-order valence-corrected chi connectivity index (χ0v) is 13.9. The molecule has 3 aromatic rings. The molecule has 0 fully saturated rings. The normalized spacial score (nSPS) is 11.6. The molecular weight excluding hydrogens is 339 g/mol. The third-order valence-corrected chi connectivity index (χ3v) is 4.87. The molecule has 0 bridgehead atoms. The summed E-state index contributed by atoms with van der Waals surface area (Å²) in [6, 6.07) is 15.4. The van der Waals surface area contributed by atoms with Gasteiger partial charge in [0.15, 0.2) is 0 Å². The molecule has 1 aromatic heterocycles. The molecule has 2 aromatic carbocycles. The van der Waals surface area contributed by atoms with Gasteiger partial charge in [-0.25, -0.2) is 12.8 Å². The van der Waals surface area contributed by atoms with Gasteiger partial charge in [0.05, 0.1) is 10.6 Å². The van der Waals surface area contributed by atoms with Crippen LogP contribution in [-0.2, 0) is 10.0 Å². The zero-order valence-electron chi connectivity index (χ0n) is 13.1. The number of anilines is 1. The van der Waals surface area contributed by atoms with E-state index in [1.165, 1.54) is 12.1 Å². The zero-order chi connectivity index (χ0) is 17.7. The Hall–Kier alpha value is -2.99. The molecule has 126 valence electrons. The van der Waals surface area contributed by atoms with E-state index in [4.69, 9.17) is 0 Å². The first-order valence-corrected chi connectivity index (χ1v) is 8.98. The largest absolute Gasteiger partial charge is 0.279 e. The van der Waals surface area contributed by atoms with Gasteiger partial charge < -0.3 is 0 Å². The Bertz CT molecular complexity index is 985. The SMILES string of the molecule is O=S(=O)(Nc1ccccc1/C=C/c1ccncc1)c1ccc(F)cc1. The predicted molar refractivity (Wildman–Crippen MR) is 96.8 cm³/mol. The highest BCUT2D eigenvalue weighted by atomic mass is 32.2. The van der Waals surface area contributed by atoms with Gasteiger partial charge in [-0.15, -0.1) is 0 Å². The van der Waals surface area contributed by atoms with Crippen LogP contribution in [0.5, 0.6) is 0 Å². The summed E-state index contributed by atoms with van der Waals surface area (Å²) in [5, 5.41) is 0. The molecule has 0 saturated carbocycles. The molecule has 4 nitrogen and oxygen atoms in total. The first-order chi connectivity index (χ1) is 12.0. The second-order valence-electron chi connectivity index (χ2n) is 5.26. The summed E-state index contributed by atoms with van der Waals surface area (Å²) in [7, 11) is -3.80. The van der Waals surface area contributed by atoms with Crippen molar-refractivity contribution in [2.75, 3.05) is 4.72 Å². The van der Waals surface area contributed by atoms with Crippen LogP contribution in [-0.4, -0.2) is 13.4 Å². The number of pyridine rings is 1. The number of benzene rings is 2. The lowest BCUT2D eigenvalue weighted by molar-refractivity contribution is 0.599. The standard InChI is InChI=1S/C19H15FN2O2S/c20-17-7-9-18(10-8-17)25(23,24)22-19-4-2-1-3-16(19)6-5-15-11-13-21-14-12-15/h1-14,22H/b6-5+. The van der Waals surface area contributed by atoms with Crippen LogP contribution in [0.2, 0.25) is 0 Å². The third-order valence-electron chi connectivity index (χ3n) is 3.49. The average molecular weight is 354 g/mol. The number of rotatable bonds is 5. The monoisotopic (exact) mass is 354 g/mol. The predicted octanol–water partition coefficient (Wildman–Crippen LogP) is 4.19. The fraction of sp³-hybridized carbons (Fsp3) is 0. The lowest BCUT2D eigenvalue weighted by Crippen LogP contribution is -2.13. The number of hydrogen-bond donors (Lipinski definition) is 1. The van der Waals surface area contributed by atoms with Crippen molar-refractivity contribution < 1.29 is 12.8 Å². The van der Waals surface area contributed by atoms with Gasteiger partial charge in [-0.05, 0) is 53.6 Å². The van der Waals surface area contributed by atoms with Crippen molar-refractivity contribution in [3.05, 3.63) is 90.0 Å². The van der Waals surface area contributed by atoms with Crippen LogP contribution in [0.15, 0.2) is 78.0 Å². The highest BCUT2D eigenvalue weighted by Gasteiger charge is 2.15. The Morgan fingerprint density at radius 2 is 1.56 bits per heavy atom. The molecule has 0 atom stereocenters. The minimum atomic E-state index is -3.80. The summed E-state index contributed by atoms with van der Waals surface area (Å²) in [5.74, 6) is -0.486. The Labute approximate surface area is 145 Å². The van der Waals surface area contributed by atoms with E-state index in [0.717, 1.165) is 17.7 Å². The lowest BCUT2D eigenvalue weighted by Gasteiger charge is -2.10. The molecule has 1 N–H and O–H groups in total. The lowest BCUT2D eigenvalue weighted by atomic mass is 10.1. The van der Waals surface area contributed by atoms with E-state index in [1.54, 1.807) is 30.6 Å². The summed E-state index contributed by atoms with van der Waals surface area (Å²) in [6.07, 6.45) is 7.05. The van der Waals surface area contributed by atoms with Gasteiger partial charge in [-0.2, -0.15) is 0 Å². The van der Waals surface area contributed by atoms with E-state index >= 15 is 0 Å². The van der Waals surface area contributed by atoms with Crippen LogP contribution in [0.3, 0.4) is 0 Å². The molecular formula is C19H15FN2O2S. The molecule has 0 saturated heterocycles. The van der Waals surface area contributed by atoms with Gasteiger partial charge in [0.2, 0.25) is 0 Å². The second kappa shape index (κ2) is 7.27. The van der Waals surface area contributed by atoms with Crippen molar-refractivity contribution in [2.45, 2.75) is 4.90 Å². The average Bonchev–Trinajstić information content (AvgIpc) is 2.62. The number of nitrogens with zero attached hydrogens (tertiary/aromatic N) is 1. The van der Waals surface area contributed by atoms with Gasteiger partial charge in [0, 0.05) is 12.4 Å². The van der Waals surface area contributed by atoms with Crippen LogP contribution < -0.4 is 4.72 Å². The van der Waals surface area contributed by atoms with Gasteiger partial charge in [0.25, 0.3) is 10.0 Å². The van der Waals surface area contributed by atoms with Gasteiger partial charge >= 0.3 is 0 Å². The molecule has 25 heavy (non-hydrogen) atoms. The topological polar surface area (TPSA) is 59.1 Å². The van der Waals surface area contributed by atoms with Gasteiger partial charge in [-0.3, -0.25) is 9.71 Å². The molecule has 0 radical (unpaired) electrons. The Morgan fingerprint density at radius 1 is 0.880 bits per heavy atom. The minimum Gasteiger partial charge on any atom is -0.279 e. The fourth-order valence-electron chi connectivity index (χ4n) is 2.21. The fourth-order valence-corrected chi connectivity index (χ4v) is 3.30. The van der Waals surface area contributed by atoms with Crippen LogP contribution in [0.25, 0.3) is 12.2 Å². The maximum absolute atomic E-state index is 13.0. The quantitative estimate of drug-likeness (QED) is 0.747. The van der Waals surface area contributed by atoms with Crippen LogP contribution in [0.1, 0.15) is 11.1 Å². The van der Waals surface area contributed by atoms with Crippen molar-refractivity contribution in [3.8, 4) is 0 Å². The summed E-state index contributed by atoms with van der Waals surface area (Å²) in [5.41, 5.74) is 2.10. The molecule has 0 unspecified atom stereocenters. The molecule has 6 heteroatoms. The molecule has 0 aliphatic rings. The third kappa shape index (κ3) is 4.30. The van der Waals surface area contributed by atoms with Crippen molar-refractivity contribution in [1.29, 1.82) is 0 Å². The Kier molecular flexibility index (Phi) is 4.90. The van der Waals surface area contributed by atoms with Crippen LogP contribution in [0, 0.1) is 5.82 Å². The van der Waals surface area contributed by atoms with Crippen molar-refractivity contribution in [3.63, 3.8) is 0 Å². The number of para-hydroxylation sites is 1. The van der Waals surface area contributed by atoms with Crippen LogP contribution >= 0.6 is 0 Å². The smallest absolute Gasteiger partial charge is 0.261 e. The van der Waals surface area contributed by atoms with Crippen LogP contribution in [0.4, 0.5) is 10.1 Å². The number of aromatic nitrogens is 1. The summed E-state index contributed by atoms with van der Waals surface area (Å²) in [4.78, 5) is 3.96. The van der Waals surface area contributed by atoms with E-state index in [-0.39, 0.29) is 4.90 Å². The first kappa shape index (κ1) is 16.9. The minimum absolute atomic E-state index is 0.00168. The molecule has 0 aliphatic heterocycles. The maximum atomic E-state index is 13.0. The van der Waals surface area contributed by atoms with E-state index in [1.807, 2.05) is 30.4 Å². The number of hydrogen-bond acceptors (Lipinski definition) is 3. The van der Waals surface area contributed by atoms with Crippen molar-refractivity contribution >= 4 is 27.9 Å². The highest BCUT2D eigenvalue weighted by molar-refractivity contribution is 7.92. The Morgan fingerprint density at radius 3 is 2.28 bits per heavy atom. The molecule has 0 aliphatic carbocycles. The summed E-state index contributed by atoms with van der Waals surface area (Å²) < 4.78 is 40.5. The second-order valence-corrected chi connectivity index (χ2v) is 6.94.